The standard InChI is InChI=1S/C21H23ClN6O2S2/c22-17-3-7-19(8-4-17)32(29,30)26-12-10-25(11-13-26)15-27-21(31)28(18-5-6-18)20(24-27)16-2-1-9-23-14-16/h1-4,7-9,14,18H,5-6,10-13,15H2. The topological polar surface area (TPSA) is 76.3 Å². The van der Waals surface area contributed by atoms with Gasteiger partial charge >= 0.3 is 0 Å². The van der Waals surface area contributed by atoms with Gasteiger partial charge in [-0.05, 0) is 61.5 Å². The number of nitrogens with zero attached hydrogens (tertiary/aromatic N) is 6. The molecule has 0 atom stereocenters. The van der Waals surface area contributed by atoms with E-state index in [-0.39, 0.29) is 4.90 Å². The molecule has 8 nitrogen and oxygen atoms in total. The van der Waals surface area contributed by atoms with Crippen LogP contribution in [0.2, 0.25) is 5.02 Å². The maximum absolute atomic E-state index is 12.9. The predicted molar refractivity (Wildman–Crippen MR) is 124 cm³/mol. The molecule has 1 aromatic carbocycles. The van der Waals surface area contributed by atoms with Crippen molar-refractivity contribution in [2.24, 2.45) is 0 Å². The lowest BCUT2D eigenvalue weighted by Crippen LogP contribution is -2.48. The molecule has 5 rings (SSSR count). The molecular weight excluding hydrogens is 468 g/mol. The molecule has 1 aliphatic carbocycles. The van der Waals surface area contributed by atoms with Crippen molar-refractivity contribution in [1.82, 2.24) is 28.5 Å². The fourth-order valence-electron chi connectivity index (χ4n) is 3.92. The van der Waals surface area contributed by atoms with E-state index < -0.39 is 10.0 Å². The summed E-state index contributed by atoms with van der Waals surface area (Å²) in [6.07, 6.45) is 5.76. The smallest absolute Gasteiger partial charge is 0.243 e. The van der Waals surface area contributed by atoms with Gasteiger partial charge in [-0.1, -0.05) is 11.6 Å². The summed E-state index contributed by atoms with van der Waals surface area (Å²) in [6, 6.07) is 10.6. The first-order valence-electron chi connectivity index (χ1n) is 10.5. The molecule has 0 unspecified atom stereocenters. The van der Waals surface area contributed by atoms with Gasteiger partial charge in [0.05, 0.1) is 11.6 Å². The lowest BCUT2D eigenvalue weighted by Gasteiger charge is -2.33. The van der Waals surface area contributed by atoms with Gasteiger partial charge in [-0.2, -0.15) is 9.40 Å². The molecule has 0 bridgehead atoms. The number of hydrogen-bond acceptors (Lipinski definition) is 6. The molecule has 3 heterocycles. The summed E-state index contributed by atoms with van der Waals surface area (Å²) in [4.78, 5) is 6.67. The summed E-state index contributed by atoms with van der Waals surface area (Å²) < 4.78 is 32.1. The Morgan fingerprint density at radius 3 is 2.41 bits per heavy atom. The van der Waals surface area contributed by atoms with Crippen LogP contribution in [0.4, 0.5) is 0 Å². The van der Waals surface area contributed by atoms with Gasteiger partial charge in [0.15, 0.2) is 10.6 Å². The Morgan fingerprint density at radius 1 is 1.06 bits per heavy atom. The lowest BCUT2D eigenvalue weighted by molar-refractivity contribution is 0.144. The quantitative estimate of drug-likeness (QED) is 0.493. The average Bonchev–Trinajstić information content (AvgIpc) is 3.59. The highest BCUT2D eigenvalue weighted by Gasteiger charge is 2.31. The van der Waals surface area contributed by atoms with Gasteiger partial charge in [-0.3, -0.25) is 14.5 Å². The molecule has 168 valence electrons. The van der Waals surface area contributed by atoms with E-state index in [1.54, 1.807) is 36.7 Å². The minimum atomic E-state index is -3.53. The molecule has 0 amide bonds. The number of piperazine rings is 1. The van der Waals surface area contributed by atoms with Gasteiger partial charge in [-0.25, -0.2) is 13.1 Å². The summed E-state index contributed by atoms with van der Waals surface area (Å²) in [7, 11) is -3.53. The SMILES string of the molecule is O=S(=O)(c1ccc(Cl)cc1)N1CCN(Cn2nc(-c3cccnc3)n(C3CC3)c2=S)CC1. The number of hydrogen-bond donors (Lipinski definition) is 0. The van der Waals surface area contributed by atoms with Crippen LogP contribution < -0.4 is 0 Å². The Kier molecular flexibility index (Phi) is 5.89. The second kappa shape index (κ2) is 8.68. The lowest BCUT2D eigenvalue weighted by atomic mass is 10.3. The van der Waals surface area contributed by atoms with Crippen molar-refractivity contribution in [3.05, 3.63) is 58.6 Å². The fraction of sp³-hybridized carbons (Fsp3) is 0.381. The van der Waals surface area contributed by atoms with E-state index in [1.165, 1.54) is 4.31 Å². The third-order valence-corrected chi connectivity index (χ3v) is 8.39. The van der Waals surface area contributed by atoms with E-state index in [1.807, 2.05) is 16.8 Å². The molecule has 1 aliphatic heterocycles. The zero-order valence-electron chi connectivity index (χ0n) is 17.3. The van der Waals surface area contributed by atoms with E-state index in [4.69, 9.17) is 28.9 Å². The molecular formula is C21H23ClN6O2S2. The number of rotatable bonds is 6. The first kappa shape index (κ1) is 21.7. The third kappa shape index (κ3) is 4.25. The molecule has 2 aromatic heterocycles. The van der Waals surface area contributed by atoms with Crippen LogP contribution >= 0.6 is 23.8 Å². The van der Waals surface area contributed by atoms with E-state index in [9.17, 15) is 8.42 Å². The highest BCUT2D eigenvalue weighted by molar-refractivity contribution is 7.89. The molecule has 32 heavy (non-hydrogen) atoms. The van der Waals surface area contributed by atoms with Crippen molar-refractivity contribution in [2.75, 3.05) is 26.2 Å². The normalized spacial score (nSPS) is 18.2. The molecule has 1 saturated carbocycles. The largest absolute Gasteiger partial charge is 0.297 e. The van der Waals surface area contributed by atoms with Crippen LogP contribution in [-0.2, 0) is 16.7 Å². The van der Waals surface area contributed by atoms with E-state index >= 15 is 0 Å². The van der Waals surface area contributed by atoms with Gasteiger partial charge in [0.2, 0.25) is 10.0 Å². The molecule has 0 N–H and O–H groups in total. The van der Waals surface area contributed by atoms with Crippen molar-refractivity contribution in [3.63, 3.8) is 0 Å². The highest BCUT2D eigenvalue weighted by atomic mass is 35.5. The Labute approximate surface area is 197 Å². The summed E-state index contributed by atoms with van der Waals surface area (Å²) >= 11 is 11.6. The maximum Gasteiger partial charge on any atom is 0.243 e. The molecule has 11 heteroatoms. The van der Waals surface area contributed by atoms with Crippen molar-refractivity contribution in [3.8, 4) is 11.4 Å². The summed E-state index contributed by atoms with van der Waals surface area (Å²) in [5.74, 6) is 0.842. The van der Waals surface area contributed by atoms with Gasteiger partial charge in [0.25, 0.3) is 0 Å². The molecule has 2 fully saturated rings. The molecule has 1 saturated heterocycles. The predicted octanol–water partition coefficient (Wildman–Crippen LogP) is 3.43. The van der Waals surface area contributed by atoms with Gasteiger partial charge < -0.3 is 0 Å². The number of benzene rings is 1. The van der Waals surface area contributed by atoms with E-state index in [2.05, 4.69) is 14.5 Å². The van der Waals surface area contributed by atoms with Gasteiger partial charge in [0.1, 0.15) is 0 Å². The van der Waals surface area contributed by atoms with E-state index in [0.717, 1.165) is 24.2 Å². The fourth-order valence-corrected chi connectivity index (χ4v) is 5.80. The Balaban J connectivity index is 1.31. The van der Waals surface area contributed by atoms with Crippen molar-refractivity contribution >= 4 is 33.8 Å². The van der Waals surface area contributed by atoms with Crippen LogP contribution in [0, 0.1) is 4.77 Å². The third-order valence-electron chi connectivity index (χ3n) is 5.82. The van der Waals surface area contributed by atoms with E-state index in [0.29, 0.717) is 48.7 Å². The summed E-state index contributed by atoms with van der Waals surface area (Å²) in [5, 5.41) is 5.32. The van der Waals surface area contributed by atoms with Crippen LogP contribution in [0.3, 0.4) is 0 Å². The monoisotopic (exact) mass is 490 g/mol. The first-order chi connectivity index (χ1) is 15.4. The molecule has 3 aromatic rings. The van der Waals surface area contributed by atoms with Crippen LogP contribution in [0.15, 0.2) is 53.7 Å². The van der Waals surface area contributed by atoms with Crippen molar-refractivity contribution < 1.29 is 8.42 Å². The van der Waals surface area contributed by atoms with Crippen LogP contribution in [0.1, 0.15) is 18.9 Å². The zero-order valence-corrected chi connectivity index (χ0v) is 19.7. The Bertz CT molecular complexity index is 1260. The molecule has 0 radical (unpaired) electrons. The van der Waals surface area contributed by atoms with Crippen LogP contribution in [-0.4, -0.2) is 63.1 Å². The number of pyridine rings is 1. The second-order valence-corrected chi connectivity index (χ2v) is 10.8. The Hall–Kier alpha value is -2.11. The zero-order chi connectivity index (χ0) is 22.3. The number of sulfonamides is 1. The first-order valence-corrected chi connectivity index (χ1v) is 12.7. The molecule has 0 spiro atoms. The highest BCUT2D eigenvalue weighted by Crippen LogP contribution is 2.38. The van der Waals surface area contributed by atoms with Crippen molar-refractivity contribution in [2.45, 2.75) is 30.4 Å². The number of halogens is 1. The number of aromatic nitrogens is 4. The second-order valence-electron chi connectivity index (χ2n) is 8.07. The Morgan fingerprint density at radius 2 is 1.78 bits per heavy atom. The maximum atomic E-state index is 12.9. The summed E-state index contributed by atoms with van der Waals surface area (Å²) in [5.41, 5.74) is 0.947. The van der Waals surface area contributed by atoms with Gasteiger partial charge in [0, 0.05) is 55.2 Å². The minimum Gasteiger partial charge on any atom is -0.297 e. The summed E-state index contributed by atoms with van der Waals surface area (Å²) in [6.45, 7) is 2.56. The average molecular weight is 491 g/mol. The van der Waals surface area contributed by atoms with Gasteiger partial charge in [-0.15, -0.1) is 0 Å². The molecule has 2 aliphatic rings. The van der Waals surface area contributed by atoms with Crippen LogP contribution in [0.5, 0.6) is 0 Å². The minimum absolute atomic E-state index is 0.266. The van der Waals surface area contributed by atoms with Crippen LogP contribution in [0.25, 0.3) is 11.4 Å². The van der Waals surface area contributed by atoms with Crippen molar-refractivity contribution in [1.29, 1.82) is 0 Å².